The minimum absolute atomic E-state index is 0.170. The van der Waals surface area contributed by atoms with Gasteiger partial charge in [-0.3, -0.25) is 0 Å². The molecule has 0 saturated heterocycles. The Morgan fingerprint density at radius 2 is 2.00 bits per heavy atom. The van der Waals surface area contributed by atoms with Gasteiger partial charge in [0, 0.05) is 22.0 Å². The number of hydrogen-bond acceptors (Lipinski definition) is 3. The summed E-state index contributed by atoms with van der Waals surface area (Å²) < 4.78 is 5.29. The number of phenols is 1. The zero-order valence-corrected chi connectivity index (χ0v) is 9.48. The maximum absolute atomic E-state index is 9.35. The molecule has 3 aromatic rings. The van der Waals surface area contributed by atoms with Crippen LogP contribution in [-0.4, -0.2) is 10.3 Å². The average molecular weight is 246 g/mol. The number of rotatable bonds is 1. The first-order chi connectivity index (χ1) is 8.24. The largest absolute Gasteiger partial charge is 0.508 e. The van der Waals surface area contributed by atoms with Crippen molar-refractivity contribution in [1.82, 2.24) is 5.16 Å². The Kier molecular flexibility index (Phi) is 2.27. The summed E-state index contributed by atoms with van der Waals surface area (Å²) in [7, 11) is 0. The summed E-state index contributed by atoms with van der Waals surface area (Å²) in [5, 5.41) is 14.8. The lowest BCUT2D eigenvalue weighted by Gasteiger charge is -1.97. The number of benzene rings is 2. The van der Waals surface area contributed by atoms with Gasteiger partial charge in [0.2, 0.25) is 0 Å². The summed E-state index contributed by atoms with van der Waals surface area (Å²) in [5.74, 6) is 0.825. The molecular weight excluding hydrogens is 238 g/mol. The van der Waals surface area contributed by atoms with Crippen LogP contribution < -0.4 is 0 Å². The van der Waals surface area contributed by atoms with E-state index in [1.54, 1.807) is 24.3 Å². The van der Waals surface area contributed by atoms with Crippen LogP contribution in [0, 0.1) is 0 Å². The molecule has 0 unspecified atom stereocenters. The molecule has 17 heavy (non-hydrogen) atoms. The summed E-state index contributed by atoms with van der Waals surface area (Å²) in [6, 6.07) is 12.3. The third kappa shape index (κ3) is 1.74. The van der Waals surface area contributed by atoms with Crippen molar-refractivity contribution in [1.29, 1.82) is 0 Å². The highest BCUT2D eigenvalue weighted by molar-refractivity contribution is 6.30. The van der Waals surface area contributed by atoms with Crippen LogP contribution in [0.1, 0.15) is 0 Å². The molecule has 1 N–H and O–H groups in total. The van der Waals surface area contributed by atoms with Crippen LogP contribution in [0.4, 0.5) is 0 Å². The monoisotopic (exact) mass is 245 g/mol. The van der Waals surface area contributed by atoms with Crippen LogP contribution >= 0.6 is 11.6 Å². The molecule has 2 aromatic carbocycles. The van der Waals surface area contributed by atoms with Gasteiger partial charge in [0.25, 0.3) is 0 Å². The Bertz CT molecular complexity index is 691. The topological polar surface area (TPSA) is 46.3 Å². The van der Waals surface area contributed by atoms with Gasteiger partial charge in [0.1, 0.15) is 11.3 Å². The van der Waals surface area contributed by atoms with Crippen LogP contribution in [-0.2, 0) is 0 Å². The molecule has 0 aliphatic heterocycles. The first-order valence-corrected chi connectivity index (χ1v) is 5.46. The molecule has 0 bridgehead atoms. The zero-order valence-electron chi connectivity index (χ0n) is 8.72. The van der Waals surface area contributed by atoms with Gasteiger partial charge in [0.05, 0.1) is 0 Å². The standard InChI is InChI=1S/C13H8ClNO2/c14-9-3-1-2-8(6-9)13-11-5-4-10(16)7-12(11)15-17-13/h1-7,16H. The van der Waals surface area contributed by atoms with E-state index in [1.165, 1.54) is 0 Å². The van der Waals surface area contributed by atoms with Crippen LogP contribution in [0.15, 0.2) is 47.0 Å². The van der Waals surface area contributed by atoms with Crippen LogP contribution in [0.2, 0.25) is 5.02 Å². The van der Waals surface area contributed by atoms with Gasteiger partial charge >= 0.3 is 0 Å². The predicted octanol–water partition coefficient (Wildman–Crippen LogP) is 3.85. The van der Waals surface area contributed by atoms with Gasteiger partial charge in [-0.2, -0.15) is 0 Å². The fourth-order valence-electron chi connectivity index (χ4n) is 1.77. The summed E-state index contributed by atoms with van der Waals surface area (Å²) >= 11 is 5.94. The molecule has 1 heterocycles. The van der Waals surface area contributed by atoms with Crippen LogP contribution in [0.3, 0.4) is 0 Å². The van der Waals surface area contributed by atoms with Gasteiger partial charge in [-0.1, -0.05) is 28.9 Å². The first-order valence-electron chi connectivity index (χ1n) is 5.08. The van der Waals surface area contributed by atoms with E-state index in [1.807, 2.05) is 18.2 Å². The Labute approximate surface area is 102 Å². The van der Waals surface area contributed by atoms with Crippen molar-refractivity contribution in [2.75, 3.05) is 0 Å². The maximum atomic E-state index is 9.35. The molecule has 0 spiro atoms. The fraction of sp³-hybridized carbons (Fsp3) is 0. The molecule has 3 nitrogen and oxygen atoms in total. The predicted molar refractivity (Wildman–Crippen MR) is 66.1 cm³/mol. The number of nitrogens with zero attached hydrogens (tertiary/aromatic N) is 1. The van der Waals surface area contributed by atoms with Crippen molar-refractivity contribution in [2.45, 2.75) is 0 Å². The second-order valence-corrected chi connectivity index (χ2v) is 4.16. The molecule has 0 radical (unpaired) electrons. The molecule has 0 saturated carbocycles. The van der Waals surface area contributed by atoms with E-state index in [0.717, 1.165) is 10.9 Å². The SMILES string of the molecule is Oc1ccc2c(-c3cccc(Cl)c3)onc2c1. The lowest BCUT2D eigenvalue weighted by molar-refractivity contribution is 0.440. The third-order valence-electron chi connectivity index (χ3n) is 2.55. The van der Waals surface area contributed by atoms with E-state index < -0.39 is 0 Å². The molecule has 0 amide bonds. The molecule has 3 rings (SSSR count). The Balaban J connectivity index is 2.24. The summed E-state index contributed by atoms with van der Waals surface area (Å²) in [5.41, 5.74) is 1.49. The van der Waals surface area contributed by atoms with Crippen molar-refractivity contribution in [3.8, 4) is 17.1 Å². The van der Waals surface area contributed by atoms with Crippen molar-refractivity contribution in [3.63, 3.8) is 0 Å². The molecule has 0 fully saturated rings. The third-order valence-corrected chi connectivity index (χ3v) is 2.78. The van der Waals surface area contributed by atoms with E-state index >= 15 is 0 Å². The van der Waals surface area contributed by atoms with Crippen LogP contribution in [0.25, 0.3) is 22.2 Å². The van der Waals surface area contributed by atoms with E-state index in [4.69, 9.17) is 16.1 Å². The average Bonchev–Trinajstić information content (AvgIpc) is 2.71. The van der Waals surface area contributed by atoms with Crippen molar-refractivity contribution >= 4 is 22.5 Å². The molecule has 0 aliphatic carbocycles. The van der Waals surface area contributed by atoms with E-state index in [9.17, 15) is 5.11 Å². The molecule has 1 aromatic heterocycles. The minimum atomic E-state index is 0.170. The minimum Gasteiger partial charge on any atom is -0.508 e. The number of halogens is 1. The van der Waals surface area contributed by atoms with E-state index in [2.05, 4.69) is 5.16 Å². The molecular formula is C13H8ClNO2. The Hall–Kier alpha value is -2.00. The van der Waals surface area contributed by atoms with Crippen molar-refractivity contribution < 1.29 is 9.63 Å². The number of aromatic nitrogens is 1. The summed E-state index contributed by atoms with van der Waals surface area (Å²) in [6.07, 6.45) is 0. The van der Waals surface area contributed by atoms with Gasteiger partial charge < -0.3 is 9.63 Å². The number of phenolic OH excluding ortho intramolecular Hbond substituents is 1. The second-order valence-electron chi connectivity index (χ2n) is 3.72. The fourth-order valence-corrected chi connectivity index (χ4v) is 1.96. The van der Waals surface area contributed by atoms with Gasteiger partial charge in [-0.15, -0.1) is 0 Å². The Morgan fingerprint density at radius 3 is 2.82 bits per heavy atom. The quantitative estimate of drug-likeness (QED) is 0.708. The molecule has 84 valence electrons. The normalized spacial score (nSPS) is 10.9. The van der Waals surface area contributed by atoms with Gasteiger partial charge in [-0.25, -0.2) is 0 Å². The highest BCUT2D eigenvalue weighted by Crippen LogP contribution is 2.31. The summed E-state index contributed by atoms with van der Waals surface area (Å²) in [6.45, 7) is 0. The number of fused-ring (bicyclic) bond motifs is 1. The highest BCUT2D eigenvalue weighted by Gasteiger charge is 2.11. The van der Waals surface area contributed by atoms with E-state index in [0.29, 0.717) is 16.3 Å². The van der Waals surface area contributed by atoms with Crippen molar-refractivity contribution in [2.24, 2.45) is 0 Å². The smallest absolute Gasteiger partial charge is 0.174 e. The van der Waals surface area contributed by atoms with Gasteiger partial charge in [0.15, 0.2) is 5.76 Å². The number of hydrogen-bond donors (Lipinski definition) is 1. The van der Waals surface area contributed by atoms with E-state index in [-0.39, 0.29) is 5.75 Å². The maximum Gasteiger partial charge on any atom is 0.174 e. The molecule has 0 atom stereocenters. The molecule has 0 aliphatic rings. The summed E-state index contributed by atoms with van der Waals surface area (Å²) in [4.78, 5) is 0. The lowest BCUT2D eigenvalue weighted by atomic mass is 10.1. The van der Waals surface area contributed by atoms with Crippen molar-refractivity contribution in [3.05, 3.63) is 47.5 Å². The Morgan fingerprint density at radius 1 is 1.12 bits per heavy atom. The first kappa shape index (κ1) is 10.2. The lowest BCUT2D eigenvalue weighted by Crippen LogP contribution is -1.75. The highest BCUT2D eigenvalue weighted by atomic mass is 35.5. The molecule has 4 heteroatoms. The number of aromatic hydroxyl groups is 1. The van der Waals surface area contributed by atoms with Gasteiger partial charge in [-0.05, 0) is 24.3 Å². The second kappa shape index (κ2) is 3.79. The zero-order chi connectivity index (χ0) is 11.8. The van der Waals surface area contributed by atoms with Crippen LogP contribution in [0.5, 0.6) is 5.75 Å².